The van der Waals surface area contributed by atoms with Crippen molar-refractivity contribution in [2.45, 2.75) is 13.8 Å². The Morgan fingerprint density at radius 3 is 2.59 bits per heavy atom. The molecule has 10 heteroatoms. The third-order valence-electron chi connectivity index (χ3n) is 4.88. The molecule has 4 rings (SSSR count). The Balaban J connectivity index is 1.45. The zero-order valence-corrected chi connectivity index (χ0v) is 19.6. The van der Waals surface area contributed by atoms with Gasteiger partial charge in [-0.2, -0.15) is 0 Å². The van der Waals surface area contributed by atoms with Gasteiger partial charge < -0.3 is 24.3 Å². The van der Waals surface area contributed by atoms with Crippen LogP contribution in [0.1, 0.15) is 19.4 Å². The molecule has 1 fully saturated rings. The number of amides is 3. The van der Waals surface area contributed by atoms with Gasteiger partial charge in [-0.15, -0.1) is 0 Å². The van der Waals surface area contributed by atoms with Gasteiger partial charge in [-0.1, -0.05) is 0 Å². The van der Waals surface area contributed by atoms with Crippen molar-refractivity contribution < 1.29 is 33.3 Å². The first-order valence-corrected chi connectivity index (χ1v) is 11.6. The number of carbonyl (C=O) groups is 3. The smallest absolute Gasteiger partial charge is 0.294 e. The first kappa shape index (κ1) is 23.5. The number of benzene rings is 2. The number of rotatable bonds is 8. The third kappa shape index (κ3) is 5.28. The molecule has 2 aliphatic rings. The topological polar surface area (TPSA) is 103 Å². The Labute approximate surface area is 201 Å². The second kappa shape index (κ2) is 10.5. The van der Waals surface area contributed by atoms with Crippen LogP contribution in [0.2, 0.25) is 0 Å². The molecular formula is C24H24N2O7S. The van der Waals surface area contributed by atoms with Crippen molar-refractivity contribution >= 4 is 40.6 Å². The van der Waals surface area contributed by atoms with Crippen LogP contribution < -0.4 is 24.3 Å². The van der Waals surface area contributed by atoms with Crippen molar-refractivity contribution in [3.05, 3.63) is 46.9 Å². The molecule has 1 N–H and O–H groups in total. The van der Waals surface area contributed by atoms with Crippen LogP contribution in [-0.4, -0.2) is 54.9 Å². The van der Waals surface area contributed by atoms with Gasteiger partial charge in [-0.05, 0) is 56.0 Å². The molecule has 2 heterocycles. The first-order chi connectivity index (χ1) is 16.5. The van der Waals surface area contributed by atoms with E-state index in [1.165, 1.54) is 0 Å². The number of nitrogens with one attached hydrogen (secondary N) is 1. The van der Waals surface area contributed by atoms with E-state index in [1.54, 1.807) is 42.5 Å². The number of thioether (sulfide) groups is 1. The van der Waals surface area contributed by atoms with Gasteiger partial charge >= 0.3 is 0 Å². The Morgan fingerprint density at radius 1 is 1.06 bits per heavy atom. The molecule has 0 unspecified atom stereocenters. The van der Waals surface area contributed by atoms with E-state index in [-0.39, 0.29) is 4.91 Å². The number of fused-ring (bicyclic) bond motifs is 1. The fourth-order valence-corrected chi connectivity index (χ4v) is 4.24. The highest BCUT2D eigenvalue weighted by Crippen LogP contribution is 2.36. The first-order valence-electron chi connectivity index (χ1n) is 10.8. The summed E-state index contributed by atoms with van der Waals surface area (Å²) in [5, 5.41) is 2.17. The Bertz CT molecular complexity index is 1150. The molecule has 2 aromatic rings. The van der Waals surface area contributed by atoms with Gasteiger partial charge in [0.1, 0.15) is 31.3 Å². The monoisotopic (exact) mass is 484 g/mol. The van der Waals surface area contributed by atoms with Gasteiger partial charge in [0.25, 0.3) is 11.1 Å². The van der Waals surface area contributed by atoms with Gasteiger partial charge in [-0.3, -0.25) is 19.3 Å². The van der Waals surface area contributed by atoms with Gasteiger partial charge in [0, 0.05) is 23.4 Å². The van der Waals surface area contributed by atoms with Crippen LogP contribution in [-0.2, 0) is 9.59 Å². The maximum absolute atomic E-state index is 12.9. The molecule has 0 atom stereocenters. The van der Waals surface area contributed by atoms with Gasteiger partial charge in [0.2, 0.25) is 5.91 Å². The highest BCUT2D eigenvalue weighted by molar-refractivity contribution is 8.18. The molecule has 2 aliphatic heterocycles. The normalized spacial score (nSPS) is 16.1. The summed E-state index contributed by atoms with van der Waals surface area (Å²) in [5.74, 6) is 1.27. The lowest BCUT2D eigenvalue weighted by molar-refractivity contribution is -0.127. The van der Waals surface area contributed by atoms with Crippen LogP contribution in [0.3, 0.4) is 0 Å². The van der Waals surface area contributed by atoms with E-state index in [2.05, 4.69) is 5.32 Å². The van der Waals surface area contributed by atoms with E-state index in [4.69, 9.17) is 18.9 Å². The molecule has 3 amide bonds. The largest absolute Gasteiger partial charge is 0.494 e. The standard InChI is InChI=1S/C24H24N2O7S/c1-3-30-17-7-5-15(19(13-17)31-4-2)11-21-23(28)26(24(29)34-21)14-22(27)25-16-6-8-18-20(12-16)33-10-9-32-18/h5-8,11-13H,3-4,9-10,14H2,1-2H3,(H,25,27)/b21-11+. The molecule has 0 spiro atoms. The summed E-state index contributed by atoms with van der Waals surface area (Å²) in [6, 6.07) is 10.3. The third-order valence-corrected chi connectivity index (χ3v) is 5.79. The van der Waals surface area contributed by atoms with Crippen LogP contribution in [0.25, 0.3) is 6.08 Å². The van der Waals surface area contributed by atoms with Gasteiger partial charge in [0.05, 0.1) is 18.1 Å². The maximum Gasteiger partial charge on any atom is 0.294 e. The summed E-state index contributed by atoms with van der Waals surface area (Å²) in [5.41, 5.74) is 1.11. The number of hydrogen-bond acceptors (Lipinski definition) is 8. The minimum Gasteiger partial charge on any atom is -0.494 e. The predicted octanol–water partition coefficient (Wildman–Crippen LogP) is 3.93. The zero-order valence-electron chi connectivity index (χ0n) is 18.8. The molecule has 178 valence electrons. The summed E-state index contributed by atoms with van der Waals surface area (Å²) >= 11 is 0.780. The summed E-state index contributed by atoms with van der Waals surface area (Å²) in [4.78, 5) is 39.0. The molecule has 0 saturated carbocycles. The van der Waals surface area contributed by atoms with Crippen LogP contribution >= 0.6 is 11.8 Å². The molecule has 9 nitrogen and oxygen atoms in total. The van der Waals surface area contributed by atoms with Crippen LogP contribution in [0.5, 0.6) is 23.0 Å². The molecule has 0 radical (unpaired) electrons. The molecule has 34 heavy (non-hydrogen) atoms. The lowest BCUT2D eigenvalue weighted by Gasteiger charge is -2.19. The molecule has 1 saturated heterocycles. The SMILES string of the molecule is CCOc1ccc(/C=C2/SC(=O)N(CC(=O)Nc3ccc4c(c3)OCCO4)C2=O)c(OCC)c1. The number of anilines is 1. The lowest BCUT2D eigenvalue weighted by atomic mass is 10.1. The summed E-state index contributed by atoms with van der Waals surface area (Å²) in [6.07, 6.45) is 1.59. The van der Waals surface area contributed by atoms with E-state index < -0.39 is 23.6 Å². The lowest BCUT2D eigenvalue weighted by Crippen LogP contribution is -2.36. The zero-order chi connectivity index (χ0) is 24.1. The number of hydrogen-bond donors (Lipinski definition) is 1. The second-order valence-electron chi connectivity index (χ2n) is 7.24. The number of nitrogens with zero attached hydrogens (tertiary/aromatic N) is 1. The van der Waals surface area contributed by atoms with Crippen molar-refractivity contribution in [1.82, 2.24) is 4.90 Å². The molecule has 0 aliphatic carbocycles. The van der Waals surface area contributed by atoms with Crippen LogP contribution in [0, 0.1) is 0 Å². The van der Waals surface area contributed by atoms with E-state index >= 15 is 0 Å². The highest BCUT2D eigenvalue weighted by Gasteiger charge is 2.36. The fraction of sp³-hybridized carbons (Fsp3) is 0.292. The number of ether oxygens (including phenoxy) is 4. The Morgan fingerprint density at radius 2 is 1.82 bits per heavy atom. The maximum atomic E-state index is 12.9. The molecule has 2 aromatic carbocycles. The fourth-order valence-electron chi connectivity index (χ4n) is 3.41. The Kier molecular flexibility index (Phi) is 7.27. The minimum absolute atomic E-state index is 0.210. The molecular weight excluding hydrogens is 460 g/mol. The highest BCUT2D eigenvalue weighted by atomic mass is 32.2. The van der Waals surface area contributed by atoms with Crippen molar-refractivity contribution in [1.29, 1.82) is 0 Å². The van der Waals surface area contributed by atoms with Gasteiger partial charge in [-0.25, -0.2) is 0 Å². The predicted molar refractivity (Wildman–Crippen MR) is 128 cm³/mol. The quantitative estimate of drug-likeness (QED) is 0.562. The van der Waals surface area contributed by atoms with E-state index in [9.17, 15) is 14.4 Å². The van der Waals surface area contributed by atoms with Crippen molar-refractivity contribution in [2.75, 3.05) is 38.3 Å². The van der Waals surface area contributed by atoms with Crippen molar-refractivity contribution in [2.24, 2.45) is 0 Å². The van der Waals surface area contributed by atoms with Crippen LogP contribution in [0.15, 0.2) is 41.3 Å². The average Bonchev–Trinajstić information content (AvgIpc) is 3.08. The second-order valence-corrected chi connectivity index (χ2v) is 8.23. The molecule has 0 aromatic heterocycles. The van der Waals surface area contributed by atoms with Crippen molar-refractivity contribution in [3.63, 3.8) is 0 Å². The number of imide groups is 1. The number of carbonyl (C=O) groups excluding carboxylic acids is 3. The Hall–Kier alpha value is -3.66. The van der Waals surface area contributed by atoms with E-state index in [0.29, 0.717) is 60.7 Å². The average molecular weight is 485 g/mol. The van der Waals surface area contributed by atoms with Crippen LogP contribution in [0.4, 0.5) is 10.5 Å². The van der Waals surface area contributed by atoms with Crippen molar-refractivity contribution in [3.8, 4) is 23.0 Å². The summed E-state index contributed by atoms with van der Waals surface area (Å²) in [7, 11) is 0. The minimum atomic E-state index is -0.538. The summed E-state index contributed by atoms with van der Waals surface area (Å²) in [6.45, 7) is 5.16. The van der Waals surface area contributed by atoms with E-state index in [0.717, 1.165) is 16.7 Å². The van der Waals surface area contributed by atoms with E-state index in [1.807, 2.05) is 13.8 Å². The van der Waals surface area contributed by atoms with Gasteiger partial charge in [0.15, 0.2) is 11.5 Å². The summed E-state index contributed by atoms with van der Waals surface area (Å²) < 4.78 is 22.1. The molecule has 0 bridgehead atoms.